The fourth-order valence-corrected chi connectivity index (χ4v) is 2.61. The molecule has 0 bridgehead atoms. The Hall–Kier alpha value is -4.80. The molecule has 116 valence electrons. The summed E-state index contributed by atoms with van der Waals surface area (Å²) in [5.41, 5.74) is 0.663. The van der Waals surface area contributed by atoms with Gasteiger partial charge in [0.15, 0.2) is 5.52 Å². The van der Waals surface area contributed by atoms with Gasteiger partial charge in [-0.3, -0.25) is 0 Å². The molecule has 4 rings (SSSR count). The van der Waals surface area contributed by atoms with E-state index >= 15 is 0 Å². The van der Waals surface area contributed by atoms with E-state index in [1.807, 2.05) is 18.2 Å². The molecule has 0 saturated heterocycles. The zero-order valence-corrected chi connectivity index (χ0v) is 12.6. The van der Waals surface area contributed by atoms with Gasteiger partial charge in [0, 0.05) is 23.2 Å². The minimum absolute atomic E-state index is 0.0763. The molecule has 0 saturated carbocycles. The van der Waals surface area contributed by atoms with Crippen molar-refractivity contribution in [2.24, 2.45) is 0 Å². The van der Waals surface area contributed by atoms with Crippen LogP contribution in [0.25, 0.3) is 37.6 Å². The topological polar surface area (TPSA) is 153 Å². The molecule has 0 fully saturated rings. The Morgan fingerprint density at radius 1 is 0.769 bits per heavy atom. The van der Waals surface area contributed by atoms with Gasteiger partial charge in [0.1, 0.15) is 23.7 Å². The molecule has 0 amide bonds. The van der Waals surface area contributed by atoms with E-state index < -0.39 is 0 Å². The highest BCUT2D eigenvalue weighted by Gasteiger charge is 2.21. The second-order valence-electron chi connectivity index (χ2n) is 4.95. The van der Waals surface area contributed by atoms with Crippen LogP contribution in [0.5, 0.6) is 0 Å². The summed E-state index contributed by atoms with van der Waals surface area (Å²) in [6.45, 7) is 7.14. The van der Waals surface area contributed by atoms with Crippen molar-refractivity contribution in [1.29, 1.82) is 15.8 Å². The summed E-state index contributed by atoms with van der Waals surface area (Å²) in [6, 6.07) is 5.60. The quantitative estimate of drug-likeness (QED) is 0.345. The summed E-state index contributed by atoms with van der Waals surface area (Å²) in [5.74, 6) is -0.415. The van der Waals surface area contributed by atoms with E-state index in [1.54, 1.807) is 0 Å². The number of nitriles is 3. The number of fused-ring (bicyclic) bond motifs is 6. The van der Waals surface area contributed by atoms with Crippen LogP contribution in [-0.4, -0.2) is 29.9 Å². The zero-order valence-electron chi connectivity index (χ0n) is 12.6. The van der Waals surface area contributed by atoms with Gasteiger partial charge in [0.2, 0.25) is 17.3 Å². The van der Waals surface area contributed by atoms with Crippen LogP contribution in [0.2, 0.25) is 0 Å². The van der Waals surface area contributed by atoms with E-state index in [4.69, 9.17) is 17.1 Å². The average molecular weight is 334 g/mol. The van der Waals surface area contributed by atoms with E-state index in [-0.39, 0.29) is 45.2 Å². The molecule has 4 aromatic rings. The predicted molar refractivity (Wildman–Crippen MR) is 86.1 cm³/mol. The van der Waals surface area contributed by atoms with Crippen LogP contribution >= 0.6 is 0 Å². The van der Waals surface area contributed by atoms with Gasteiger partial charge in [-0.15, -0.1) is 16.5 Å². The maximum Gasteiger partial charge on any atom is 0.373 e. The summed E-state index contributed by atoms with van der Waals surface area (Å²) in [5, 5.41) is 28.8. The third-order valence-electron chi connectivity index (χ3n) is 3.63. The smallest absolute Gasteiger partial charge is 0.373 e. The van der Waals surface area contributed by atoms with Crippen LogP contribution in [-0.2, 0) is 0 Å². The van der Waals surface area contributed by atoms with E-state index in [0.717, 1.165) is 0 Å². The Balaban J connectivity index is 2.41. The largest absolute Gasteiger partial charge is 0.394 e. The van der Waals surface area contributed by atoms with Gasteiger partial charge in [-0.25, -0.2) is 19.9 Å². The van der Waals surface area contributed by atoms with Crippen molar-refractivity contribution in [3.8, 4) is 18.2 Å². The Bertz CT molecular complexity index is 1430. The summed E-state index contributed by atoms with van der Waals surface area (Å²) < 4.78 is 0. The van der Waals surface area contributed by atoms with E-state index in [9.17, 15) is 5.26 Å². The molecule has 0 atom stereocenters. The highest BCUT2D eigenvalue weighted by atomic mass is 15.0. The summed E-state index contributed by atoms with van der Waals surface area (Å²) in [6.07, 6.45) is 2.84. The number of hydrogen-bond acceptors (Lipinski definition) is 9. The van der Waals surface area contributed by atoms with Gasteiger partial charge in [-0.2, -0.15) is 15.8 Å². The van der Waals surface area contributed by atoms with E-state index in [0.29, 0.717) is 10.8 Å². The lowest BCUT2D eigenvalue weighted by molar-refractivity contribution is 1.14. The number of aromatic nitrogens is 6. The maximum absolute atomic E-state index is 9.48. The van der Waals surface area contributed by atoms with Crippen molar-refractivity contribution in [2.75, 3.05) is 0 Å². The molecule has 0 unspecified atom stereocenters. The lowest BCUT2D eigenvalue weighted by Crippen LogP contribution is -1.99. The fourth-order valence-electron chi connectivity index (χ4n) is 2.61. The van der Waals surface area contributed by atoms with Crippen LogP contribution < -0.4 is 0 Å². The van der Waals surface area contributed by atoms with Gasteiger partial charge in [0.25, 0.3) is 0 Å². The molecule has 0 aliphatic heterocycles. The van der Waals surface area contributed by atoms with Crippen molar-refractivity contribution < 1.29 is 0 Å². The third-order valence-corrected chi connectivity index (χ3v) is 3.63. The number of hydrogen-bond donors (Lipinski definition) is 0. The Morgan fingerprint density at radius 3 is 1.96 bits per heavy atom. The van der Waals surface area contributed by atoms with Gasteiger partial charge < -0.3 is 4.85 Å². The van der Waals surface area contributed by atoms with Gasteiger partial charge in [-0.05, 0) is 0 Å². The van der Waals surface area contributed by atoms with Crippen molar-refractivity contribution in [3.05, 3.63) is 41.2 Å². The Kier molecular flexibility index (Phi) is 3.06. The first-order valence-electron chi connectivity index (χ1n) is 6.95. The normalized spacial score (nSPS) is 10.2. The highest BCUT2D eigenvalue weighted by Crippen LogP contribution is 2.33. The van der Waals surface area contributed by atoms with E-state index in [1.165, 1.54) is 12.4 Å². The van der Waals surface area contributed by atoms with E-state index in [2.05, 4.69) is 34.7 Å². The molecule has 0 aliphatic carbocycles. The summed E-state index contributed by atoms with van der Waals surface area (Å²) >= 11 is 0. The fraction of sp³-hybridized carbons (Fsp3) is 0. The molecule has 0 N–H and O–H groups in total. The third kappa shape index (κ3) is 1.94. The highest BCUT2D eigenvalue weighted by molar-refractivity contribution is 6.22. The number of rotatable bonds is 0. The van der Waals surface area contributed by atoms with Gasteiger partial charge in [-0.1, -0.05) is 0 Å². The second kappa shape index (κ2) is 5.38. The van der Waals surface area contributed by atoms with Gasteiger partial charge in [0.05, 0.1) is 10.9 Å². The first-order valence-corrected chi connectivity index (χ1v) is 6.95. The first kappa shape index (κ1) is 14.8. The Morgan fingerprint density at radius 2 is 1.38 bits per heavy atom. The molecular weight excluding hydrogens is 332 g/mol. The SMILES string of the molecule is [C-]#[N+]c1nc(C#N)c2c3nc(C#N)ncc3c3cnc(C#N)nc3c2n1. The molecule has 10 heteroatoms. The standard InChI is InChI=1S/C16H2N10/c1-20-16-23-9(2-17)12-13-7(5-21-10(3-18)24-13)8-6-22-11(4-19)25-14(8)15(12)26-16/h5-6H. The minimum atomic E-state index is -0.235. The van der Waals surface area contributed by atoms with Gasteiger partial charge >= 0.3 is 5.95 Å². The van der Waals surface area contributed by atoms with Crippen molar-refractivity contribution >= 4 is 38.7 Å². The molecule has 0 aliphatic rings. The molecule has 10 nitrogen and oxygen atoms in total. The molecular formula is C16H2N10. The average Bonchev–Trinajstić information content (AvgIpc) is 2.71. The van der Waals surface area contributed by atoms with Crippen molar-refractivity contribution in [1.82, 2.24) is 29.9 Å². The maximum atomic E-state index is 9.48. The molecule has 0 radical (unpaired) electrons. The van der Waals surface area contributed by atoms with Crippen molar-refractivity contribution in [3.63, 3.8) is 0 Å². The molecule has 0 spiro atoms. The second-order valence-corrected chi connectivity index (χ2v) is 4.95. The van der Waals surface area contributed by atoms with Crippen LogP contribution in [0.3, 0.4) is 0 Å². The minimum Gasteiger partial charge on any atom is -0.394 e. The van der Waals surface area contributed by atoms with Crippen molar-refractivity contribution in [2.45, 2.75) is 0 Å². The summed E-state index contributed by atoms with van der Waals surface area (Å²) in [4.78, 5) is 27.5. The predicted octanol–water partition coefficient (Wildman–Crippen LogP) is 1.68. The molecule has 26 heavy (non-hydrogen) atoms. The monoisotopic (exact) mass is 334 g/mol. The van der Waals surface area contributed by atoms with Crippen LogP contribution in [0, 0.1) is 40.6 Å². The van der Waals surface area contributed by atoms with Crippen LogP contribution in [0.1, 0.15) is 17.3 Å². The lowest BCUT2D eigenvalue weighted by atomic mass is 10.0. The van der Waals surface area contributed by atoms with Crippen LogP contribution in [0.15, 0.2) is 12.4 Å². The molecule has 3 aromatic heterocycles. The summed E-state index contributed by atoms with van der Waals surface area (Å²) in [7, 11) is 0. The Labute approximate surface area is 144 Å². The molecule has 1 aromatic carbocycles. The van der Waals surface area contributed by atoms with Crippen LogP contribution in [0.4, 0.5) is 5.95 Å². The molecule has 3 heterocycles. The number of nitrogens with zero attached hydrogens (tertiary/aromatic N) is 10. The lowest BCUT2D eigenvalue weighted by Gasteiger charge is -2.07. The zero-order chi connectivity index (χ0) is 18.3. The first-order chi connectivity index (χ1) is 12.7. The number of benzene rings is 1.